The van der Waals surface area contributed by atoms with Crippen LogP contribution in [0.3, 0.4) is 0 Å². The Hall–Kier alpha value is -2.24. The number of carbonyl (C=O) groups excluding carboxylic acids is 3. The fraction of sp³-hybridized carbons (Fsp3) is 0.429. The Bertz CT molecular complexity index is 521. The van der Waals surface area contributed by atoms with E-state index in [0.29, 0.717) is 5.56 Å². The van der Waals surface area contributed by atoms with Gasteiger partial charge >= 0.3 is 0 Å². The third-order valence-corrected chi connectivity index (χ3v) is 3.31. The van der Waals surface area contributed by atoms with Gasteiger partial charge in [0.05, 0.1) is 5.56 Å². The zero-order valence-electron chi connectivity index (χ0n) is 11.5. The van der Waals surface area contributed by atoms with Crippen LogP contribution >= 0.6 is 0 Å². The summed E-state index contributed by atoms with van der Waals surface area (Å²) < 4.78 is 0. The summed E-state index contributed by atoms with van der Waals surface area (Å²) >= 11 is 0. The van der Waals surface area contributed by atoms with Gasteiger partial charge in [-0.05, 0) is 25.5 Å². The van der Waals surface area contributed by atoms with Crippen LogP contribution in [0.2, 0.25) is 0 Å². The van der Waals surface area contributed by atoms with Crippen molar-refractivity contribution < 1.29 is 14.4 Å². The average molecular weight is 275 g/mol. The van der Waals surface area contributed by atoms with Gasteiger partial charge in [-0.1, -0.05) is 6.92 Å². The van der Waals surface area contributed by atoms with Crippen LogP contribution in [0.15, 0.2) is 18.3 Å². The predicted octanol–water partition coefficient (Wildman–Crippen LogP) is 0.982. The van der Waals surface area contributed by atoms with E-state index in [2.05, 4.69) is 10.3 Å². The molecule has 0 aromatic carbocycles. The SMILES string of the molecule is CCC(C)NC(=O)CCN1C(=O)c2cccnc2C1=O. The Balaban J connectivity index is 1.97. The van der Waals surface area contributed by atoms with E-state index in [1.165, 1.54) is 6.20 Å². The number of amides is 3. The highest BCUT2D eigenvalue weighted by Crippen LogP contribution is 2.20. The molecular weight excluding hydrogens is 258 g/mol. The molecule has 20 heavy (non-hydrogen) atoms. The van der Waals surface area contributed by atoms with Crippen molar-refractivity contribution in [1.82, 2.24) is 15.2 Å². The van der Waals surface area contributed by atoms with E-state index in [1.807, 2.05) is 13.8 Å². The smallest absolute Gasteiger partial charge is 0.280 e. The molecule has 1 aliphatic heterocycles. The largest absolute Gasteiger partial charge is 0.354 e. The Morgan fingerprint density at radius 2 is 2.15 bits per heavy atom. The second-order valence-electron chi connectivity index (χ2n) is 4.79. The number of hydrogen-bond donors (Lipinski definition) is 1. The van der Waals surface area contributed by atoms with E-state index in [1.54, 1.807) is 12.1 Å². The number of rotatable bonds is 5. The molecule has 0 fully saturated rings. The number of carbonyl (C=O) groups is 3. The number of nitrogens with zero attached hydrogens (tertiary/aromatic N) is 2. The van der Waals surface area contributed by atoms with Crippen LogP contribution in [0.4, 0.5) is 0 Å². The Kier molecular flexibility index (Phi) is 4.12. The lowest BCUT2D eigenvalue weighted by molar-refractivity contribution is -0.121. The van der Waals surface area contributed by atoms with Crippen molar-refractivity contribution in [3.05, 3.63) is 29.6 Å². The molecule has 1 aromatic rings. The fourth-order valence-corrected chi connectivity index (χ4v) is 1.98. The molecule has 6 heteroatoms. The predicted molar refractivity (Wildman–Crippen MR) is 72.1 cm³/mol. The third-order valence-electron chi connectivity index (χ3n) is 3.31. The van der Waals surface area contributed by atoms with Crippen LogP contribution in [0.5, 0.6) is 0 Å². The Morgan fingerprint density at radius 3 is 2.80 bits per heavy atom. The summed E-state index contributed by atoms with van der Waals surface area (Å²) in [7, 11) is 0. The van der Waals surface area contributed by atoms with Crippen LogP contribution in [-0.4, -0.2) is 40.2 Å². The lowest BCUT2D eigenvalue weighted by Crippen LogP contribution is -2.37. The van der Waals surface area contributed by atoms with Gasteiger partial charge < -0.3 is 5.32 Å². The highest BCUT2D eigenvalue weighted by atomic mass is 16.2. The van der Waals surface area contributed by atoms with Gasteiger partial charge in [0.15, 0.2) is 0 Å². The van der Waals surface area contributed by atoms with Crippen molar-refractivity contribution >= 4 is 17.7 Å². The molecule has 0 spiro atoms. The molecule has 1 aliphatic rings. The molecule has 106 valence electrons. The van der Waals surface area contributed by atoms with E-state index in [0.717, 1.165) is 11.3 Å². The first-order valence-electron chi connectivity index (χ1n) is 6.65. The second-order valence-corrected chi connectivity index (χ2v) is 4.79. The second kappa shape index (κ2) is 5.81. The summed E-state index contributed by atoms with van der Waals surface area (Å²) in [4.78, 5) is 40.7. The third kappa shape index (κ3) is 2.68. The molecule has 3 amide bonds. The molecule has 6 nitrogen and oxygen atoms in total. The van der Waals surface area contributed by atoms with E-state index >= 15 is 0 Å². The number of fused-ring (bicyclic) bond motifs is 1. The molecule has 1 unspecified atom stereocenters. The first-order chi connectivity index (χ1) is 9.54. The number of imide groups is 1. The molecule has 0 radical (unpaired) electrons. The lowest BCUT2D eigenvalue weighted by atomic mass is 10.2. The first-order valence-corrected chi connectivity index (χ1v) is 6.65. The van der Waals surface area contributed by atoms with E-state index in [-0.39, 0.29) is 36.5 Å². The minimum absolute atomic E-state index is 0.0797. The molecule has 0 aliphatic carbocycles. The van der Waals surface area contributed by atoms with E-state index in [9.17, 15) is 14.4 Å². The van der Waals surface area contributed by atoms with Crippen molar-refractivity contribution in [2.24, 2.45) is 0 Å². The first kappa shape index (κ1) is 14.2. The molecule has 0 bridgehead atoms. The highest BCUT2D eigenvalue weighted by Gasteiger charge is 2.36. The Morgan fingerprint density at radius 1 is 1.40 bits per heavy atom. The van der Waals surface area contributed by atoms with Crippen LogP contribution in [0.25, 0.3) is 0 Å². The van der Waals surface area contributed by atoms with Crippen molar-refractivity contribution in [3.63, 3.8) is 0 Å². The van der Waals surface area contributed by atoms with Gasteiger partial charge in [-0.15, -0.1) is 0 Å². The van der Waals surface area contributed by atoms with Gasteiger partial charge in [-0.25, -0.2) is 0 Å². The molecule has 1 N–H and O–H groups in total. The highest BCUT2D eigenvalue weighted by molar-refractivity contribution is 6.20. The van der Waals surface area contributed by atoms with Gasteiger partial charge in [0.25, 0.3) is 11.8 Å². The molecule has 2 heterocycles. The maximum absolute atomic E-state index is 12.0. The number of nitrogens with one attached hydrogen (secondary N) is 1. The molecule has 1 aromatic heterocycles. The molecule has 0 saturated carbocycles. The van der Waals surface area contributed by atoms with Gasteiger partial charge in [-0.3, -0.25) is 24.3 Å². The summed E-state index contributed by atoms with van der Waals surface area (Å²) in [5, 5.41) is 2.80. The van der Waals surface area contributed by atoms with Crippen molar-refractivity contribution in [2.45, 2.75) is 32.7 Å². The summed E-state index contributed by atoms with van der Waals surface area (Å²) in [5.41, 5.74) is 0.472. The standard InChI is InChI=1S/C14H17N3O3/c1-3-9(2)16-11(18)6-8-17-13(19)10-5-4-7-15-12(10)14(17)20/h4-5,7,9H,3,6,8H2,1-2H3,(H,16,18). The minimum Gasteiger partial charge on any atom is -0.354 e. The van der Waals surface area contributed by atoms with Crippen LogP contribution in [0.1, 0.15) is 47.5 Å². The van der Waals surface area contributed by atoms with Crippen LogP contribution in [0, 0.1) is 0 Å². The molecule has 2 rings (SSSR count). The van der Waals surface area contributed by atoms with Gasteiger partial charge in [-0.2, -0.15) is 0 Å². The van der Waals surface area contributed by atoms with Gasteiger partial charge in [0, 0.05) is 25.2 Å². The quantitative estimate of drug-likeness (QED) is 0.812. The normalized spacial score (nSPS) is 15.2. The fourth-order valence-electron chi connectivity index (χ4n) is 1.98. The molecule has 0 saturated heterocycles. The monoisotopic (exact) mass is 275 g/mol. The zero-order chi connectivity index (χ0) is 14.7. The minimum atomic E-state index is -0.429. The Labute approximate surface area is 117 Å². The van der Waals surface area contributed by atoms with Gasteiger partial charge in [0.1, 0.15) is 5.69 Å². The van der Waals surface area contributed by atoms with Crippen molar-refractivity contribution in [1.29, 1.82) is 0 Å². The maximum Gasteiger partial charge on any atom is 0.280 e. The van der Waals surface area contributed by atoms with Gasteiger partial charge in [0.2, 0.25) is 5.91 Å². The number of pyridine rings is 1. The zero-order valence-corrected chi connectivity index (χ0v) is 11.5. The molecule has 1 atom stereocenters. The summed E-state index contributed by atoms with van der Waals surface area (Å²) in [5.74, 6) is -0.972. The number of hydrogen-bond acceptors (Lipinski definition) is 4. The maximum atomic E-state index is 12.0. The average Bonchev–Trinajstić information content (AvgIpc) is 2.69. The summed E-state index contributed by atoms with van der Waals surface area (Å²) in [6.07, 6.45) is 2.42. The van der Waals surface area contributed by atoms with Crippen molar-refractivity contribution in [3.8, 4) is 0 Å². The lowest BCUT2D eigenvalue weighted by Gasteiger charge is -2.15. The topological polar surface area (TPSA) is 79.4 Å². The van der Waals surface area contributed by atoms with E-state index < -0.39 is 5.91 Å². The summed E-state index contributed by atoms with van der Waals surface area (Å²) in [6.45, 7) is 3.96. The summed E-state index contributed by atoms with van der Waals surface area (Å²) in [6, 6.07) is 3.27. The van der Waals surface area contributed by atoms with Crippen LogP contribution < -0.4 is 5.32 Å². The van der Waals surface area contributed by atoms with Crippen molar-refractivity contribution in [2.75, 3.05) is 6.54 Å². The van der Waals surface area contributed by atoms with Crippen LogP contribution in [-0.2, 0) is 4.79 Å². The van der Waals surface area contributed by atoms with E-state index in [4.69, 9.17) is 0 Å². The molecular formula is C14H17N3O3. The number of aromatic nitrogens is 1.